The number of halogens is 2. The molecule has 7 heteroatoms. The highest BCUT2D eigenvalue weighted by molar-refractivity contribution is 6.37. The largest absolute Gasteiger partial charge is 0.372 e. The molecular weight excluding hydrogens is 287 g/mol. The average Bonchev–Trinajstić information content (AvgIpc) is 2.39. The number of aromatic nitrogens is 1. The van der Waals surface area contributed by atoms with Gasteiger partial charge in [0.2, 0.25) is 5.91 Å². The number of piperidine rings is 1. The minimum Gasteiger partial charge on any atom is -0.372 e. The first-order valence-electron chi connectivity index (χ1n) is 6.14. The Labute approximate surface area is 122 Å². The lowest BCUT2D eigenvalue weighted by atomic mass is 10.0. The Morgan fingerprint density at radius 3 is 2.84 bits per heavy atom. The molecule has 104 valence electrons. The van der Waals surface area contributed by atoms with Gasteiger partial charge in [0.15, 0.2) is 5.82 Å². The van der Waals surface area contributed by atoms with Crippen molar-refractivity contribution in [1.82, 2.24) is 4.98 Å². The Balaban J connectivity index is 2.41. The minimum absolute atomic E-state index is 0.349. The number of carbonyl (C=O) groups is 1. The summed E-state index contributed by atoms with van der Waals surface area (Å²) in [4.78, 5) is 17.8. The van der Waals surface area contributed by atoms with Crippen LogP contribution in [-0.2, 0) is 4.79 Å². The van der Waals surface area contributed by atoms with Crippen LogP contribution >= 0.6 is 23.2 Å². The second-order valence-corrected chi connectivity index (χ2v) is 5.30. The summed E-state index contributed by atoms with van der Waals surface area (Å²) in [5, 5.41) is 3.78. The first-order valence-corrected chi connectivity index (χ1v) is 6.90. The number of rotatable bonds is 3. The Morgan fingerprint density at radius 2 is 2.21 bits per heavy atom. The van der Waals surface area contributed by atoms with Gasteiger partial charge in [0.25, 0.3) is 0 Å². The molecule has 2 rings (SSSR count). The van der Waals surface area contributed by atoms with Crippen LogP contribution in [-0.4, -0.2) is 30.5 Å². The van der Waals surface area contributed by atoms with Crippen molar-refractivity contribution in [1.29, 1.82) is 0 Å². The van der Waals surface area contributed by atoms with Crippen molar-refractivity contribution in [2.45, 2.75) is 25.3 Å². The van der Waals surface area contributed by atoms with Crippen LogP contribution in [0.25, 0.3) is 0 Å². The van der Waals surface area contributed by atoms with Gasteiger partial charge < -0.3 is 16.0 Å². The van der Waals surface area contributed by atoms with Gasteiger partial charge in [0.05, 0.1) is 10.0 Å². The molecule has 1 saturated heterocycles. The smallest absolute Gasteiger partial charge is 0.240 e. The van der Waals surface area contributed by atoms with Gasteiger partial charge in [-0.1, -0.05) is 23.2 Å². The first-order chi connectivity index (χ1) is 9.04. The summed E-state index contributed by atoms with van der Waals surface area (Å²) in [5.74, 6) is 0.743. The minimum atomic E-state index is -0.357. The van der Waals surface area contributed by atoms with Gasteiger partial charge in [0.1, 0.15) is 11.9 Å². The Kier molecular flexibility index (Phi) is 4.37. The van der Waals surface area contributed by atoms with Gasteiger partial charge in [0, 0.05) is 13.6 Å². The quantitative estimate of drug-likeness (QED) is 0.898. The van der Waals surface area contributed by atoms with Crippen LogP contribution in [0.4, 0.5) is 11.6 Å². The molecule has 19 heavy (non-hydrogen) atoms. The lowest BCUT2D eigenvalue weighted by Crippen LogP contribution is -2.48. The monoisotopic (exact) mass is 302 g/mol. The highest BCUT2D eigenvalue weighted by atomic mass is 35.5. The molecule has 1 aliphatic heterocycles. The molecule has 1 unspecified atom stereocenters. The maximum Gasteiger partial charge on any atom is 0.240 e. The van der Waals surface area contributed by atoms with Gasteiger partial charge in [-0.2, -0.15) is 0 Å². The van der Waals surface area contributed by atoms with Crippen LogP contribution < -0.4 is 16.0 Å². The van der Waals surface area contributed by atoms with Crippen molar-refractivity contribution in [3.05, 3.63) is 16.1 Å². The third kappa shape index (κ3) is 2.87. The number of nitrogens with one attached hydrogen (secondary N) is 1. The van der Waals surface area contributed by atoms with E-state index in [1.165, 1.54) is 0 Å². The van der Waals surface area contributed by atoms with Crippen molar-refractivity contribution >= 4 is 40.7 Å². The summed E-state index contributed by atoms with van der Waals surface area (Å²) >= 11 is 12.2. The van der Waals surface area contributed by atoms with Crippen molar-refractivity contribution in [2.24, 2.45) is 5.73 Å². The zero-order chi connectivity index (χ0) is 14.0. The van der Waals surface area contributed by atoms with E-state index >= 15 is 0 Å². The Morgan fingerprint density at radius 1 is 1.47 bits per heavy atom. The number of nitrogens with two attached hydrogens (primary N) is 1. The zero-order valence-corrected chi connectivity index (χ0v) is 12.1. The zero-order valence-electron chi connectivity index (χ0n) is 10.6. The van der Waals surface area contributed by atoms with Crippen molar-refractivity contribution in [3.63, 3.8) is 0 Å². The summed E-state index contributed by atoms with van der Waals surface area (Å²) in [5.41, 5.74) is 5.45. The van der Waals surface area contributed by atoms with Gasteiger partial charge in [-0.15, -0.1) is 0 Å². The number of primary amides is 1. The van der Waals surface area contributed by atoms with Crippen LogP contribution in [0.2, 0.25) is 10.0 Å². The van der Waals surface area contributed by atoms with Gasteiger partial charge >= 0.3 is 0 Å². The number of pyridine rings is 1. The molecule has 0 aliphatic carbocycles. The first kappa shape index (κ1) is 14.2. The van der Waals surface area contributed by atoms with E-state index < -0.39 is 0 Å². The fourth-order valence-electron chi connectivity index (χ4n) is 2.31. The molecule has 5 nitrogen and oxygen atoms in total. The SMILES string of the molecule is CNc1nc(N2CCCCC2C(N)=O)c(Cl)cc1Cl. The molecule has 1 atom stereocenters. The van der Waals surface area contributed by atoms with Crippen LogP contribution in [0.15, 0.2) is 6.07 Å². The highest BCUT2D eigenvalue weighted by Crippen LogP contribution is 2.34. The predicted octanol–water partition coefficient (Wildman–Crippen LogP) is 2.27. The number of amides is 1. The standard InChI is InChI=1S/C12H16Cl2N4O/c1-16-11-7(13)6-8(14)12(17-11)18-5-3-2-4-9(18)10(15)19/h6,9H,2-5H2,1H3,(H2,15,19)(H,16,17). The summed E-state index contributed by atoms with van der Waals surface area (Å²) < 4.78 is 0. The molecule has 0 bridgehead atoms. The molecule has 1 fully saturated rings. The summed E-state index contributed by atoms with van der Waals surface area (Å²) in [6, 6.07) is 1.27. The van der Waals surface area contributed by atoms with Crippen LogP contribution in [0, 0.1) is 0 Å². The van der Waals surface area contributed by atoms with E-state index in [1.807, 2.05) is 4.90 Å². The maximum absolute atomic E-state index is 11.5. The molecule has 1 aliphatic rings. The van der Waals surface area contributed by atoms with Gasteiger partial charge in [-0.3, -0.25) is 4.79 Å². The molecule has 0 radical (unpaired) electrons. The number of anilines is 2. The van der Waals surface area contributed by atoms with Crippen molar-refractivity contribution < 1.29 is 4.79 Å². The third-order valence-corrected chi connectivity index (χ3v) is 3.82. The average molecular weight is 303 g/mol. The molecular formula is C12H16Cl2N4O. The van der Waals surface area contributed by atoms with Crippen LogP contribution in [0.3, 0.4) is 0 Å². The van der Waals surface area contributed by atoms with Gasteiger partial charge in [-0.25, -0.2) is 4.98 Å². The topological polar surface area (TPSA) is 71.2 Å². The fourth-order valence-corrected chi connectivity index (χ4v) is 2.88. The number of hydrogen-bond acceptors (Lipinski definition) is 4. The number of carbonyl (C=O) groups excluding carboxylic acids is 1. The van der Waals surface area contributed by atoms with Crippen molar-refractivity contribution in [3.8, 4) is 0 Å². The maximum atomic E-state index is 11.5. The summed E-state index contributed by atoms with van der Waals surface area (Å²) in [6.45, 7) is 0.713. The van der Waals surface area contributed by atoms with E-state index in [0.29, 0.717) is 28.2 Å². The predicted molar refractivity (Wildman–Crippen MR) is 78.0 cm³/mol. The molecule has 0 aromatic carbocycles. The molecule has 1 aromatic rings. The number of nitrogens with zero attached hydrogens (tertiary/aromatic N) is 2. The molecule has 3 N–H and O–H groups in total. The lowest BCUT2D eigenvalue weighted by molar-refractivity contribution is -0.119. The van der Waals surface area contributed by atoms with Crippen molar-refractivity contribution in [2.75, 3.05) is 23.8 Å². The van der Waals surface area contributed by atoms with E-state index in [-0.39, 0.29) is 11.9 Å². The molecule has 1 amide bonds. The molecule has 0 saturated carbocycles. The van der Waals surface area contributed by atoms with E-state index in [2.05, 4.69) is 10.3 Å². The second-order valence-electron chi connectivity index (χ2n) is 4.48. The molecule has 0 spiro atoms. The molecule has 2 heterocycles. The Bertz CT molecular complexity index is 495. The second kappa shape index (κ2) is 5.84. The van der Waals surface area contributed by atoms with Crippen LogP contribution in [0.5, 0.6) is 0 Å². The normalized spacial score (nSPS) is 19.3. The fraction of sp³-hybridized carbons (Fsp3) is 0.500. The Hall–Kier alpha value is -1.20. The van der Waals surface area contributed by atoms with E-state index in [0.717, 1.165) is 19.3 Å². The highest BCUT2D eigenvalue weighted by Gasteiger charge is 2.29. The number of hydrogen-bond donors (Lipinski definition) is 2. The van der Waals surface area contributed by atoms with Crippen LogP contribution in [0.1, 0.15) is 19.3 Å². The third-order valence-electron chi connectivity index (χ3n) is 3.25. The summed E-state index contributed by atoms with van der Waals surface area (Å²) in [6.07, 6.45) is 2.69. The van der Waals surface area contributed by atoms with E-state index in [4.69, 9.17) is 28.9 Å². The van der Waals surface area contributed by atoms with Gasteiger partial charge in [-0.05, 0) is 25.3 Å². The molecule has 1 aromatic heterocycles. The van der Waals surface area contributed by atoms with E-state index in [9.17, 15) is 4.79 Å². The van der Waals surface area contributed by atoms with E-state index in [1.54, 1.807) is 13.1 Å². The lowest BCUT2D eigenvalue weighted by Gasteiger charge is -2.35. The summed E-state index contributed by atoms with van der Waals surface area (Å²) in [7, 11) is 1.73.